The van der Waals surface area contributed by atoms with E-state index in [0.717, 1.165) is 13.2 Å². The van der Waals surface area contributed by atoms with Crippen molar-refractivity contribution in [2.24, 2.45) is 0 Å². The number of anilines is 1. The normalized spacial score (nSPS) is 11.5. The highest BCUT2D eigenvalue weighted by Gasteiger charge is 2.32. The molecule has 84 valence electrons. The molecule has 1 rings (SSSR count). The number of carbonyl (C=O) groups is 1. The predicted octanol–water partition coefficient (Wildman–Crippen LogP) is 0.626. The first-order chi connectivity index (χ1) is 6.81. The molecule has 5 nitrogen and oxygen atoms in total. The molecule has 0 aliphatic heterocycles. The molecule has 1 heterocycles. The number of aromatic nitrogens is 2. The number of amides is 1. The standard InChI is InChI=1S/C7H9F3N4O/c1-14(3-7(8,9)10)6(15)4-2-12-13-5(4)11/h2H,3H2,1H3,(H3,11,12,13). The van der Waals surface area contributed by atoms with E-state index in [-0.39, 0.29) is 11.4 Å². The summed E-state index contributed by atoms with van der Waals surface area (Å²) in [5, 5.41) is 5.71. The molecule has 1 aromatic heterocycles. The summed E-state index contributed by atoms with van der Waals surface area (Å²) in [6.07, 6.45) is -3.34. The number of nitrogens with zero attached hydrogens (tertiary/aromatic N) is 2. The second-order valence-corrected chi connectivity index (χ2v) is 2.97. The van der Waals surface area contributed by atoms with E-state index in [0.29, 0.717) is 4.90 Å². The summed E-state index contributed by atoms with van der Waals surface area (Å²) in [5.74, 6) is -0.868. The fourth-order valence-electron chi connectivity index (χ4n) is 1.01. The molecular formula is C7H9F3N4O. The minimum Gasteiger partial charge on any atom is -0.383 e. The molecular weight excluding hydrogens is 213 g/mol. The van der Waals surface area contributed by atoms with Gasteiger partial charge in [0.25, 0.3) is 5.91 Å². The van der Waals surface area contributed by atoms with Gasteiger partial charge in [-0.1, -0.05) is 0 Å². The van der Waals surface area contributed by atoms with Gasteiger partial charge in [0.1, 0.15) is 17.9 Å². The van der Waals surface area contributed by atoms with Crippen LogP contribution in [0.25, 0.3) is 0 Å². The third kappa shape index (κ3) is 2.86. The van der Waals surface area contributed by atoms with Gasteiger partial charge in [-0.15, -0.1) is 0 Å². The molecule has 0 fully saturated rings. The summed E-state index contributed by atoms with van der Waals surface area (Å²) in [5.41, 5.74) is 5.23. The number of halogens is 3. The van der Waals surface area contributed by atoms with Gasteiger partial charge >= 0.3 is 6.18 Å². The maximum atomic E-state index is 12.0. The lowest BCUT2D eigenvalue weighted by Crippen LogP contribution is -2.35. The Balaban J connectivity index is 2.74. The van der Waals surface area contributed by atoms with Crippen LogP contribution in [0.2, 0.25) is 0 Å². The number of H-pyrrole nitrogens is 1. The first kappa shape index (κ1) is 11.3. The molecule has 0 radical (unpaired) electrons. The number of nitrogens with one attached hydrogen (secondary N) is 1. The van der Waals surface area contributed by atoms with Crippen LogP contribution in [0.5, 0.6) is 0 Å². The van der Waals surface area contributed by atoms with Crippen LogP contribution in [0.1, 0.15) is 10.4 Å². The Morgan fingerprint density at radius 1 is 1.67 bits per heavy atom. The molecule has 0 saturated carbocycles. The summed E-state index contributed by atoms with van der Waals surface area (Å²) < 4.78 is 35.9. The van der Waals surface area contributed by atoms with Crippen molar-refractivity contribution in [2.45, 2.75) is 6.18 Å². The lowest BCUT2D eigenvalue weighted by molar-refractivity contribution is -0.138. The average molecular weight is 222 g/mol. The zero-order valence-corrected chi connectivity index (χ0v) is 7.80. The largest absolute Gasteiger partial charge is 0.406 e. The number of alkyl halides is 3. The van der Waals surface area contributed by atoms with Crippen molar-refractivity contribution in [2.75, 3.05) is 19.3 Å². The molecule has 0 aliphatic carbocycles. The number of aromatic amines is 1. The van der Waals surface area contributed by atoms with Crippen LogP contribution < -0.4 is 5.73 Å². The van der Waals surface area contributed by atoms with E-state index < -0.39 is 18.6 Å². The Kier molecular flexibility index (Phi) is 2.87. The molecule has 15 heavy (non-hydrogen) atoms. The van der Waals surface area contributed by atoms with E-state index in [2.05, 4.69) is 10.2 Å². The molecule has 3 N–H and O–H groups in total. The van der Waals surface area contributed by atoms with Gasteiger partial charge in [0.05, 0.1) is 6.20 Å². The molecule has 1 aromatic rings. The van der Waals surface area contributed by atoms with Crippen LogP contribution in [-0.2, 0) is 0 Å². The molecule has 0 bridgehead atoms. The van der Waals surface area contributed by atoms with Crippen molar-refractivity contribution in [3.63, 3.8) is 0 Å². The first-order valence-electron chi connectivity index (χ1n) is 3.92. The van der Waals surface area contributed by atoms with E-state index in [1.54, 1.807) is 0 Å². The molecule has 1 amide bonds. The number of nitrogen functional groups attached to an aromatic ring is 1. The number of carbonyl (C=O) groups excluding carboxylic acids is 1. The van der Waals surface area contributed by atoms with E-state index in [9.17, 15) is 18.0 Å². The lowest BCUT2D eigenvalue weighted by atomic mass is 10.3. The molecule has 8 heteroatoms. The van der Waals surface area contributed by atoms with Crippen molar-refractivity contribution >= 4 is 11.7 Å². The highest BCUT2D eigenvalue weighted by molar-refractivity contribution is 5.97. The van der Waals surface area contributed by atoms with Gasteiger partial charge in [-0.05, 0) is 0 Å². The number of hydrogen-bond acceptors (Lipinski definition) is 3. The van der Waals surface area contributed by atoms with Crippen LogP contribution in [0.15, 0.2) is 6.20 Å². The molecule has 0 spiro atoms. The van der Waals surface area contributed by atoms with Crippen molar-refractivity contribution < 1.29 is 18.0 Å². The molecule has 0 saturated heterocycles. The monoisotopic (exact) mass is 222 g/mol. The third-order valence-corrected chi connectivity index (χ3v) is 1.66. The van der Waals surface area contributed by atoms with Gasteiger partial charge in [-0.2, -0.15) is 18.3 Å². The first-order valence-corrected chi connectivity index (χ1v) is 3.92. The molecule has 0 unspecified atom stereocenters. The molecule has 0 aromatic carbocycles. The topological polar surface area (TPSA) is 75.0 Å². The second kappa shape index (κ2) is 3.79. The van der Waals surface area contributed by atoms with Crippen molar-refractivity contribution in [1.29, 1.82) is 0 Å². The Morgan fingerprint density at radius 2 is 2.27 bits per heavy atom. The number of nitrogens with two attached hydrogens (primary N) is 1. The summed E-state index contributed by atoms with van der Waals surface area (Å²) in [6.45, 7) is -1.32. The van der Waals surface area contributed by atoms with Crippen molar-refractivity contribution in [1.82, 2.24) is 15.1 Å². The predicted molar refractivity (Wildman–Crippen MR) is 46.0 cm³/mol. The third-order valence-electron chi connectivity index (χ3n) is 1.66. The maximum Gasteiger partial charge on any atom is 0.406 e. The quantitative estimate of drug-likeness (QED) is 0.770. The van der Waals surface area contributed by atoms with Gasteiger partial charge in [0, 0.05) is 7.05 Å². The second-order valence-electron chi connectivity index (χ2n) is 2.97. The van der Waals surface area contributed by atoms with Crippen LogP contribution in [0.4, 0.5) is 19.0 Å². The van der Waals surface area contributed by atoms with E-state index in [4.69, 9.17) is 5.73 Å². The summed E-state index contributed by atoms with van der Waals surface area (Å²) >= 11 is 0. The minimum absolute atomic E-state index is 0.0472. The van der Waals surface area contributed by atoms with Crippen LogP contribution in [-0.4, -0.2) is 40.8 Å². The fraction of sp³-hybridized carbons (Fsp3) is 0.429. The van der Waals surface area contributed by atoms with Gasteiger partial charge in [-0.25, -0.2) is 0 Å². The highest BCUT2D eigenvalue weighted by Crippen LogP contribution is 2.17. The van der Waals surface area contributed by atoms with Gasteiger partial charge < -0.3 is 10.6 Å². The molecule has 0 atom stereocenters. The lowest BCUT2D eigenvalue weighted by Gasteiger charge is -2.18. The van der Waals surface area contributed by atoms with E-state index in [1.165, 1.54) is 0 Å². The summed E-state index contributed by atoms with van der Waals surface area (Å²) in [7, 11) is 1.04. The van der Waals surface area contributed by atoms with Crippen molar-refractivity contribution in [3.05, 3.63) is 11.8 Å². The maximum absolute atomic E-state index is 12.0. The summed E-state index contributed by atoms with van der Waals surface area (Å²) in [6, 6.07) is 0. The Hall–Kier alpha value is -1.73. The highest BCUT2D eigenvalue weighted by atomic mass is 19.4. The Labute approximate surface area is 83.0 Å². The zero-order valence-electron chi connectivity index (χ0n) is 7.80. The van der Waals surface area contributed by atoms with Crippen molar-refractivity contribution in [3.8, 4) is 0 Å². The number of rotatable bonds is 2. The molecule has 0 aliphatic rings. The van der Waals surface area contributed by atoms with Crippen LogP contribution in [0.3, 0.4) is 0 Å². The van der Waals surface area contributed by atoms with Gasteiger partial charge in [0.2, 0.25) is 0 Å². The van der Waals surface area contributed by atoms with Gasteiger partial charge in [0.15, 0.2) is 0 Å². The smallest absolute Gasteiger partial charge is 0.383 e. The summed E-state index contributed by atoms with van der Waals surface area (Å²) in [4.78, 5) is 11.9. The van der Waals surface area contributed by atoms with Crippen LogP contribution >= 0.6 is 0 Å². The van der Waals surface area contributed by atoms with Crippen LogP contribution in [0, 0.1) is 0 Å². The average Bonchev–Trinajstić information content (AvgIpc) is 2.47. The Morgan fingerprint density at radius 3 is 2.67 bits per heavy atom. The minimum atomic E-state index is -4.43. The SMILES string of the molecule is CN(CC(F)(F)F)C(=O)c1cn[nH]c1N. The van der Waals surface area contributed by atoms with E-state index in [1.807, 2.05) is 0 Å². The van der Waals surface area contributed by atoms with Gasteiger partial charge in [-0.3, -0.25) is 9.89 Å². The fourth-order valence-corrected chi connectivity index (χ4v) is 1.01. The Bertz CT molecular complexity index is 359. The zero-order chi connectivity index (χ0) is 11.6. The van der Waals surface area contributed by atoms with E-state index >= 15 is 0 Å². The number of hydrogen-bond donors (Lipinski definition) is 2.